The fourth-order valence-corrected chi connectivity index (χ4v) is 1.32. The summed E-state index contributed by atoms with van der Waals surface area (Å²) in [6.07, 6.45) is 3.42. The summed E-state index contributed by atoms with van der Waals surface area (Å²) >= 11 is 5.84. The van der Waals surface area contributed by atoms with Crippen molar-refractivity contribution >= 4 is 17.3 Å². The number of hydrogen-bond donors (Lipinski definition) is 2. The molecule has 0 unspecified atom stereocenters. The second kappa shape index (κ2) is 3.11. The number of hydrogen-bond acceptors (Lipinski definition) is 2. The van der Waals surface area contributed by atoms with Gasteiger partial charge in [0, 0.05) is 28.7 Å². The summed E-state index contributed by atoms with van der Waals surface area (Å²) in [5.74, 6) is 0.736. The molecule has 0 amide bonds. The van der Waals surface area contributed by atoms with Gasteiger partial charge >= 0.3 is 0 Å². The average molecular weight is 194 g/mol. The molecule has 0 aliphatic carbocycles. The van der Waals surface area contributed by atoms with Crippen LogP contribution in [0.3, 0.4) is 0 Å². The molecule has 0 atom stereocenters. The van der Waals surface area contributed by atoms with Crippen LogP contribution in [0.25, 0.3) is 11.4 Å². The van der Waals surface area contributed by atoms with Crippen LogP contribution in [0.2, 0.25) is 5.02 Å². The van der Waals surface area contributed by atoms with Gasteiger partial charge < -0.3 is 10.7 Å². The summed E-state index contributed by atoms with van der Waals surface area (Å²) in [7, 11) is 0. The number of benzene rings is 1. The number of imidazole rings is 1. The molecule has 2 aromatic rings. The molecule has 0 fully saturated rings. The lowest BCUT2D eigenvalue weighted by atomic mass is 10.2. The van der Waals surface area contributed by atoms with Crippen molar-refractivity contribution in [2.45, 2.75) is 0 Å². The van der Waals surface area contributed by atoms with E-state index >= 15 is 0 Å². The molecule has 1 aromatic heterocycles. The van der Waals surface area contributed by atoms with Gasteiger partial charge in [-0.1, -0.05) is 11.6 Å². The molecular weight excluding hydrogens is 186 g/mol. The van der Waals surface area contributed by atoms with Crippen LogP contribution >= 0.6 is 11.6 Å². The Balaban J connectivity index is 2.57. The van der Waals surface area contributed by atoms with E-state index in [0.717, 1.165) is 11.4 Å². The van der Waals surface area contributed by atoms with Crippen LogP contribution in [0.1, 0.15) is 0 Å². The van der Waals surface area contributed by atoms with Gasteiger partial charge in [-0.2, -0.15) is 0 Å². The van der Waals surface area contributed by atoms with Crippen molar-refractivity contribution in [1.82, 2.24) is 9.97 Å². The fraction of sp³-hybridized carbons (Fsp3) is 0. The lowest BCUT2D eigenvalue weighted by molar-refractivity contribution is 1.31. The molecule has 3 nitrogen and oxygen atoms in total. The van der Waals surface area contributed by atoms with Crippen LogP contribution in [0.4, 0.5) is 5.69 Å². The number of nitrogens with one attached hydrogen (secondary N) is 1. The minimum Gasteiger partial charge on any atom is -0.398 e. The van der Waals surface area contributed by atoms with E-state index in [1.807, 2.05) is 0 Å². The molecule has 0 spiro atoms. The average Bonchev–Trinajstić information content (AvgIpc) is 2.61. The normalized spacial score (nSPS) is 10.2. The Morgan fingerprint density at radius 3 is 2.92 bits per heavy atom. The first-order valence-corrected chi connectivity index (χ1v) is 4.20. The van der Waals surface area contributed by atoms with Crippen molar-refractivity contribution in [2.75, 3.05) is 5.73 Å². The van der Waals surface area contributed by atoms with E-state index in [0.29, 0.717) is 10.7 Å². The van der Waals surface area contributed by atoms with Gasteiger partial charge in [-0.15, -0.1) is 0 Å². The molecule has 0 radical (unpaired) electrons. The molecule has 0 saturated heterocycles. The maximum atomic E-state index is 5.84. The van der Waals surface area contributed by atoms with Gasteiger partial charge in [0.05, 0.1) is 0 Å². The first-order chi connectivity index (χ1) is 6.27. The maximum absolute atomic E-state index is 5.84. The summed E-state index contributed by atoms with van der Waals surface area (Å²) in [6, 6.07) is 5.30. The predicted octanol–water partition coefficient (Wildman–Crippen LogP) is 2.31. The molecule has 0 bridgehead atoms. The second-order valence-corrected chi connectivity index (χ2v) is 3.11. The van der Waals surface area contributed by atoms with Crippen molar-refractivity contribution in [3.8, 4) is 11.4 Å². The van der Waals surface area contributed by atoms with Crippen LogP contribution in [0.5, 0.6) is 0 Å². The number of aromatic nitrogens is 2. The molecular formula is C9H8ClN3. The highest BCUT2D eigenvalue weighted by atomic mass is 35.5. The zero-order valence-electron chi connectivity index (χ0n) is 6.79. The van der Waals surface area contributed by atoms with Gasteiger partial charge in [0.15, 0.2) is 0 Å². The number of nitrogens with two attached hydrogens (primary N) is 1. The van der Waals surface area contributed by atoms with Crippen molar-refractivity contribution in [2.24, 2.45) is 0 Å². The van der Waals surface area contributed by atoms with E-state index in [-0.39, 0.29) is 0 Å². The monoisotopic (exact) mass is 193 g/mol. The first kappa shape index (κ1) is 8.13. The number of H-pyrrole nitrogens is 1. The van der Waals surface area contributed by atoms with Gasteiger partial charge in [-0.05, 0) is 18.2 Å². The quantitative estimate of drug-likeness (QED) is 0.683. The molecule has 2 rings (SSSR count). The van der Waals surface area contributed by atoms with Crippen LogP contribution in [0.15, 0.2) is 30.6 Å². The van der Waals surface area contributed by atoms with E-state index in [1.54, 1.807) is 30.6 Å². The summed E-state index contributed by atoms with van der Waals surface area (Å²) < 4.78 is 0. The summed E-state index contributed by atoms with van der Waals surface area (Å²) in [5, 5.41) is 0.653. The van der Waals surface area contributed by atoms with E-state index in [1.165, 1.54) is 0 Å². The lowest BCUT2D eigenvalue weighted by Gasteiger charge is -2.01. The van der Waals surface area contributed by atoms with Crippen molar-refractivity contribution < 1.29 is 0 Å². The van der Waals surface area contributed by atoms with Crippen LogP contribution in [-0.4, -0.2) is 9.97 Å². The van der Waals surface area contributed by atoms with Gasteiger partial charge in [-0.25, -0.2) is 4.98 Å². The standard InChI is InChI=1S/C9H8ClN3/c10-6-1-2-8(11)7(5-6)9-12-3-4-13-9/h1-5H,11H2,(H,12,13). The number of aromatic amines is 1. The Labute approximate surface area is 80.6 Å². The van der Waals surface area contributed by atoms with Gasteiger partial charge in [0.1, 0.15) is 5.82 Å². The highest BCUT2D eigenvalue weighted by molar-refractivity contribution is 6.31. The summed E-state index contributed by atoms with van der Waals surface area (Å²) in [6.45, 7) is 0. The molecule has 4 heteroatoms. The van der Waals surface area contributed by atoms with Gasteiger partial charge in [0.2, 0.25) is 0 Å². The van der Waals surface area contributed by atoms with Crippen molar-refractivity contribution in [3.05, 3.63) is 35.6 Å². The van der Waals surface area contributed by atoms with E-state index < -0.39 is 0 Å². The molecule has 0 saturated carbocycles. The fourth-order valence-electron chi connectivity index (χ4n) is 1.15. The highest BCUT2D eigenvalue weighted by Crippen LogP contribution is 2.25. The topological polar surface area (TPSA) is 54.7 Å². The second-order valence-electron chi connectivity index (χ2n) is 2.67. The maximum Gasteiger partial charge on any atom is 0.139 e. The molecule has 66 valence electrons. The minimum atomic E-state index is 0.653. The third kappa shape index (κ3) is 1.51. The summed E-state index contributed by atoms with van der Waals surface area (Å²) in [4.78, 5) is 7.07. The minimum absolute atomic E-state index is 0.653. The Hall–Kier alpha value is -1.48. The molecule has 1 heterocycles. The first-order valence-electron chi connectivity index (χ1n) is 3.82. The summed E-state index contributed by atoms with van der Waals surface area (Å²) in [5.41, 5.74) is 7.26. The number of nitrogens with zero attached hydrogens (tertiary/aromatic N) is 1. The zero-order chi connectivity index (χ0) is 9.26. The molecule has 1 aromatic carbocycles. The molecule has 0 aliphatic rings. The van der Waals surface area contributed by atoms with Gasteiger partial charge in [-0.3, -0.25) is 0 Å². The van der Waals surface area contributed by atoms with Crippen molar-refractivity contribution in [1.29, 1.82) is 0 Å². The zero-order valence-corrected chi connectivity index (χ0v) is 7.55. The smallest absolute Gasteiger partial charge is 0.139 e. The van der Waals surface area contributed by atoms with Gasteiger partial charge in [0.25, 0.3) is 0 Å². The number of anilines is 1. The Morgan fingerprint density at radius 1 is 1.38 bits per heavy atom. The van der Waals surface area contributed by atoms with Crippen molar-refractivity contribution in [3.63, 3.8) is 0 Å². The molecule has 3 N–H and O–H groups in total. The third-order valence-electron chi connectivity index (χ3n) is 1.77. The van der Waals surface area contributed by atoms with Crippen LogP contribution in [-0.2, 0) is 0 Å². The molecule has 0 aliphatic heterocycles. The van der Waals surface area contributed by atoms with E-state index in [2.05, 4.69) is 9.97 Å². The van der Waals surface area contributed by atoms with E-state index in [9.17, 15) is 0 Å². The predicted molar refractivity (Wildman–Crippen MR) is 53.4 cm³/mol. The third-order valence-corrected chi connectivity index (χ3v) is 2.00. The SMILES string of the molecule is Nc1ccc(Cl)cc1-c1ncc[nH]1. The largest absolute Gasteiger partial charge is 0.398 e. The highest BCUT2D eigenvalue weighted by Gasteiger charge is 2.04. The number of nitrogen functional groups attached to an aromatic ring is 1. The number of rotatable bonds is 1. The Morgan fingerprint density at radius 2 is 2.23 bits per heavy atom. The lowest BCUT2D eigenvalue weighted by Crippen LogP contribution is -1.90. The van der Waals surface area contributed by atoms with Crippen LogP contribution in [0, 0.1) is 0 Å². The van der Waals surface area contributed by atoms with E-state index in [4.69, 9.17) is 17.3 Å². The molecule has 13 heavy (non-hydrogen) atoms. The Kier molecular flexibility index (Phi) is 1.94. The van der Waals surface area contributed by atoms with Crippen LogP contribution < -0.4 is 5.73 Å². The Bertz CT molecular complexity index is 409. The number of halogens is 1.